The highest BCUT2D eigenvalue weighted by atomic mass is 16.2. The number of carbonyl (C=O) groups is 1. The molecule has 0 spiro atoms. The second kappa shape index (κ2) is 8.57. The molecule has 2 N–H and O–H groups in total. The van der Waals surface area contributed by atoms with Crippen molar-refractivity contribution in [3.8, 4) is 0 Å². The first-order valence-corrected chi connectivity index (χ1v) is 10.1. The van der Waals surface area contributed by atoms with Crippen LogP contribution in [0.3, 0.4) is 0 Å². The van der Waals surface area contributed by atoms with Crippen molar-refractivity contribution in [1.82, 2.24) is 20.4 Å². The van der Waals surface area contributed by atoms with E-state index in [0.29, 0.717) is 12.5 Å². The highest BCUT2D eigenvalue weighted by Crippen LogP contribution is 2.21. The molecule has 0 bridgehead atoms. The Morgan fingerprint density at radius 3 is 2.70 bits per heavy atom. The highest BCUT2D eigenvalue weighted by Gasteiger charge is 2.22. The number of carbonyl (C=O) groups excluding carboxylic acids is 1. The zero-order valence-corrected chi connectivity index (χ0v) is 15.8. The Morgan fingerprint density at radius 1 is 1.15 bits per heavy atom. The lowest BCUT2D eigenvalue weighted by Gasteiger charge is -2.34. The highest BCUT2D eigenvalue weighted by molar-refractivity contribution is 5.76. The van der Waals surface area contributed by atoms with Gasteiger partial charge in [-0.15, -0.1) is 0 Å². The standard InChI is InChI=1S/C21H29N5O/c27-21(16-26-14-10-20(24-26)17-5-4-11-22-15-17)23-18-8-12-25(13-9-18)19-6-2-1-3-7-19/h1-3,6-7,10,14,17-18,22H,4-5,8-9,11-13,15-16H2,(H,23,27)/t17-/m1/s1. The number of benzene rings is 1. The number of aromatic nitrogens is 2. The van der Waals surface area contributed by atoms with E-state index >= 15 is 0 Å². The van der Waals surface area contributed by atoms with Crippen molar-refractivity contribution in [3.63, 3.8) is 0 Å². The van der Waals surface area contributed by atoms with Gasteiger partial charge in [0.1, 0.15) is 6.54 Å². The molecule has 144 valence electrons. The second-order valence-electron chi connectivity index (χ2n) is 7.65. The van der Waals surface area contributed by atoms with Crippen molar-refractivity contribution in [2.24, 2.45) is 0 Å². The third kappa shape index (κ3) is 4.69. The first kappa shape index (κ1) is 18.0. The SMILES string of the molecule is O=C(Cn1ccc([C@@H]2CCCNC2)n1)NC1CCN(c2ccccc2)CC1. The number of para-hydroxylation sites is 1. The zero-order chi connectivity index (χ0) is 18.5. The summed E-state index contributed by atoms with van der Waals surface area (Å²) in [5.41, 5.74) is 2.37. The molecule has 27 heavy (non-hydrogen) atoms. The van der Waals surface area contributed by atoms with E-state index in [2.05, 4.69) is 51.0 Å². The maximum absolute atomic E-state index is 12.4. The molecule has 2 aromatic rings. The minimum atomic E-state index is 0.0598. The molecular weight excluding hydrogens is 338 g/mol. The summed E-state index contributed by atoms with van der Waals surface area (Å²) >= 11 is 0. The molecule has 4 rings (SSSR count). The van der Waals surface area contributed by atoms with Gasteiger partial charge in [-0.3, -0.25) is 9.48 Å². The Balaban J connectivity index is 1.24. The van der Waals surface area contributed by atoms with Crippen LogP contribution in [0.5, 0.6) is 0 Å². The van der Waals surface area contributed by atoms with Crippen LogP contribution in [-0.2, 0) is 11.3 Å². The van der Waals surface area contributed by atoms with Crippen LogP contribution in [-0.4, -0.2) is 47.9 Å². The Morgan fingerprint density at radius 2 is 1.96 bits per heavy atom. The smallest absolute Gasteiger partial charge is 0.241 e. The summed E-state index contributed by atoms with van der Waals surface area (Å²) in [5, 5.41) is 11.2. The molecule has 2 aliphatic rings. The molecule has 0 radical (unpaired) electrons. The molecule has 1 atom stereocenters. The number of anilines is 1. The molecule has 2 fully saturated rings. The summed E-state index contributed by atoms with van der Waals surface area (Å²) in [6.07, 6.45) is 6.27. The van der Waals surface area contributed by atoms with E-state index in [0.717, 1.165) is 44.7 Å². The van der Waals surface area contributed by atoms with Gasteiger partial charge in [0, 0.05) is 43.5 Å². The number of rotatable bonds is 5. The van der Waals surface area contributed by atoms with Crippen LogP contribution in [0.4, 0.5) is 5.69 Å². The number of nitrogens with one attached hydrogen (secondary N) is 2. The van der Waals surface area contributed by atoms with Gasteiger partial charge in [0.25, 0.3) is 0 Å². The van der Waals surface area contributed by atoms with Crippen molar-refractivity contribution < 1.29 is 4.79 Å². The Labute approximate surface area is 160 Å². The maximum atomic E-state index is 12.4. The monoisotopic (exact) mass is 367 g/mol. The van der Waals surface area contributed by atoms with E-state index in [4.69, 9.17) is 0 Å². The van der Waals surface area contributed by atoms with E-state index in [1.54, 1.807) is 4.68 Å². The van der Waals surface area contributed by atoms with Crippen LogP contribution in [0.2, 0.25) is 0 Å². The summed E-state index contributed by atoms with van der Waals surface area (Å²) in [6, 6.07) is 12.8. The van der Waals surface area contributed by atoms with Crippen LogP contribution in [0, 0.1) is 0 Å². The Kier molecular flexibility index (Phi) is 5.72. The number of hydrogen-bond donors (Lipinski definition) is 2. The van der Waals surface area contributed by atoms with Crippen molar-refractivity contribution in [1.29, 1.82) is 0 Å². The van der Waals surface area contributed by atoms with E-state index in [-0.39, 0.29) is 11.9 Å². The first-order chi connectivity index (χ1) is 13.3. The molecule has 3 heterocycles. The largest absolute Gasteiger partial charge is 0.371 e. The fourth-order valence-corrected chi connectivity index (χ4v) is 4.13. The van der Waals surface area contributed by atoms with Gasteiger partial charge in [-0.2, -0.15) is 5.10 Å². The van der Waals surface area contributed by atoms with Gasteiger partial charge in [-0.25, -0.2) is 0 Å². The van der Waals surface area contributed by atoms with Crippen molar-refractivity contribution in [2.45, 2.75) is 44.2 Å². The summed E-state index contributed by atoms with van der Waals surface area (Å²) in [4.78, 5) is 14.8. The third-order valence-electron chi connectivity index (χ3n) is 5.66. The summed E-state index contributed by atoms with van der Waals surface area (Å²) in [5.74, 6) is 0.537. The van der Waals surface area contributed by atoms with Crippen LogP contribution in [0.1, 0.15) is 37.3 Å². The van der Waals surface area contributed by atoms with Gasteiger partial charge >= 0.3 is 0 Å². The maximum Gasteiger partial charge on any atom is 0.241 e. The summed E-state index contributed by atoms with van der Waals surface area (Å²) in [6.45, 7) is 4.36. The van der Waals surface area contributed by atoms with Gasteiger partial charge in [-0.05, 0) is 50.4 Å². The van der Waals surface area contributed by atoms with Crippen molar-refractivity contribution in [2.75, 3.05) is 31.1 Å². The fraction of sp³-hybridized carbons (Fsp3) is 0.524. The van der Waals surface area contributed by atoms with Crippen LogP contribution in [0.25, 0.3) is 0 Å². The molecular formula is C21H29N5O. The summed E-state index contributed by atoms with van der Waals surface area (Å²) in [7, 11) is 0. The van der Waals surface area contributed by atoms with Crippen LogP contribution in [0.15, 0.2) is 42.6 Å². The van der Waals surface area contributed by atoms with E-state index in [1.165, 1.54) is 18.5 Å². The molecule has 1 aromatic heterocycles. The Hall–Kier alpha value is -2.34. The van der Waals surface area contributed by atoms with Gasteiger partial charge < -0.3 is 15.5 Å². The third-order valence-corrected chi connectivity index (χ3v) is 5.66. The Bertz CT molecular complexity index is 730. The fourth-order valence-electron chi connectivity index (χ4n) is 4.13. The molecule has 2 aliphatic heterocycles. The van der Waals surface area contributed by atoms with E-state index < -0.39 is 0 Å². The second-order valence-corrected chi connectivity index (χ2v) is 7.65. The van der Waals surface area contributed by atoms with Gasteiger partial charge in [0.2, 0.25) is 5.91 Å². The average Bonchev–Trinajstić information content (AvgIpc) is 3.18. The lowest BCUT2D eigenvalue weighted by molar-refractivity contribution is -0.122. The first-order valence-electron chi connectivity index (χ1n) is 10.1. The van der Waals surface area contributed by atoms with Crippen molar-refractivity contribution in [3.05, 3.63) is 48.3 Å². The molecule has 0 unspecified atom stereocenters. The minimum Gasteiger partial charge on any atom is -0.371 e. The number of hydrogen-bond acceptors (Lipinski definition) is 4. The molecule has 6 nitrogen and oxygen atoms in total. The topological polar surface area (TPSA) is 62.2 Å². The molecule has 6 heteroatoms. The quantitative estimate of drug-likeness (QED) is 0.850. The lowest BCUT2D eigenvalue weighted by atomic mass is 9.97. The summed E-state index contributed by atoms with van der Waals surface area (Å²) < 4.78 is 1.78. The van der Waals surface area contributed by atoms with Crippen LogP contribution >= 0.6 is 0 Å². The zero-order valence-electron chi connectivity index (χ0n) is 15.8. The van der Waals surface area contributed by atoms with Gasteiger partial charge in [-0.1, -0.05) is 18.2 Å². The molecule has 0 aliphatic carbocycles. The molecule has 2 saturated heterocycles. The molecule has 1 amide bonds. The average molecular weight is 367 g/mol. The van der Waals surface area contributed by atoms with Gasteiger partial charge in [0.05, 0.1) is 5.69 Å². The minimum absolute atomic E-state index is 0.0598. The van der Waals surface area contributed by atoms with E-state index in [9.17, 15) is 4.79 Å². The van der Waals surface area contributed by atoms with E-state index in [1.807, 2.05) is 12.3 Å². The van der Waals surface area contributed by atoms with Crippen molar-refractivity contribution >= 4 is 11.6 Å². The lowest BCUT2D eigenvalue weighted by Crippen LogP contribution is -2.45. The molecule has 1 aromatic carbocycles. The molecule has 0 saturated carbocycles. The van der Waals surface area contributed by atoms with Gasteiger partial charge in [0.15, 0.2) is 0 Å². The number of amides is 1. The number of nitrogens with zero attached hydrogens (tertiary/aromatic N) is 3. The van der Waals surface area contributed by atoms with Crippen LogP contribution < -0.4 is 15.5 Å². The normalized spacial score (nSPS) is 21.2. The number of piperidine rings is 2. The predicted octanol–water partition coefficient (Wildman–Crippen LogP) is 2.14. The predicted molar refractivity (Wildman–Crippen MR) is 107 cm³/mol.